The molecule has 204 valence electrons. The number of hydrogen-bond acceptors (Lipinski definition) is 6. The number of aromatic amines is 1. The van der Waals surface area contributed by atoms with E-state index in [-0.39, 0.29) is 5.97 Å². The van der Waals surface area contributed by atoms with E-state index >= 15 is 0 Å². The summed E-state index contributed by atoms with van der Waals surface area (Å²) >= 11 is 0. The minimum Gasteiger partial charge on any atom is -0.462 e. The summed E-state index contributed by atoms with van der Waals surface area (Å²) in [7, 11) is 0. The average molecular weight is 534 g/mol. The van der Waals surface area contributed by atoms with E-state index in [1.807, 2.05) is 18.3 Å². The number of nitrogens with zero attached hydrogens (tertiary/aromatic N) is 3. The highest BCUT2D eigenvalue weighted by Crippen LogP contribution is 2.29. The number of imidazole rings is 1. The highest BCUT2D eigenvalue weighted by molar-refractivity contribution is 5.90. The van der Waals surface area contributed by atoms with Crippen molar-refractivity contribution in [3.05, 3.63) is 84.6 Å². The molecule has 1 atom stereocenters. The highest BCUT2D eigenvalue weighted by atomic mass is 16.5. The number of nitrogens with one attached hydrogen (secondary N) is 2. The molecule has 0 unspecified atom stereocenters. The Morgan fingerprint density at radius 2 is 1.95 bits per heavy atom. The van der Waals surface area contributed by atoms with Crippen LogP contribution in [0.4, 0.5) is 0 Å². The van der Waals surface area contributed by atoms with E-state index in [0.29, 0.717) is 18.1 Å². The first-order chi connectivity index (χ1) is 19.6. The summed E-state index contributed by atoms with van der Waals surface area (Å²) in [5, 5.41) is 4.34. The number of benzene rings is 1. The molecule has 4 aromatic rings. The van der Waals surface area contributed by atoms with Gasteiger partial charge in [0.05, 0.1) is 41.1 Å². The summed E-state index contributed by atoms with van der Waals surface area (Å²) in [4.78, 5) is 29.5. The van der Waals surface area contributed by atoms with Crippen molar-refractivity contribution in [3.8, 4) is 35.4 Å². The Labute approximate surface area is 235 Å². The number of fused-ring (bicyclic) bond motifs is 1. The van der Waals surface area contributed by atoms with Crippen LogP contribution in [0.15, 0.2) is 73.3 Å². The fourth-order valence-electron chi connectivity index (χ4n) is 4.70. The molecule has 0 aliphatic carbocycles. The van der Waals surface area contributed by atoms with Crippen LogP contribution < -0.4 is 5.32 Å². The van der Waals surface area contributed by atoms with Gasteiger partial charge in [-0.25, -0.2) is 9.78 Å². The summed E-state index contributed by atoms with van der Waals surface area (Å²) in [5.74, 6) is 0.0463. The van der Waals surface area contributed by atoms with Crippen LogP contribution in [-0.4, -0.2) is 45.6 Å². The predicted octanol–water partition coefficient (Wildman–Crippen LogP) is 6.46. The van der Waals surface area contributed by atoms with Crippen molar-refractivity contribution < 1.29 is 9.53 Å². The van der Waals surface area contributed by atoms with Crippen LogP contribution in [0.2, 0.25) is 0 Å². The van der Waals surface area contributed by atoms with Gasteiger partial charge in [0.15, 0.2) is 0 Å². The van der Waals surface area contributed by atoms with Gasteiger partial charge in [0.2, 0.25) is 0 Å². The molecule has 0 bridgehead atoms. The number of carbonyl (C=O) groups is 1. The van der Waals surface area contributed by atoms with E-state index in [2.05, 4.69) is 88.4 Å². The van der Waals surface area contributed by atoms with Crippen LogP contribution in [0.5, 0.6) is 0 Å². The topological polar surface area (TPSA) is 92.8 Å². The van der Waals surface area contributed by atoms with Gasteiger partial charge in [0.1, 0.15) is 0 Å². The molecule has 0 amide bonds. The molecule has 1 aliphatic heterocycles. The number of piperidine rings is 1. The number of hydrogen-bond donors (Lipinski definition) is 2. The lowest BCUT2D eigenvalue weighted by atomic mass is 10.0. The van der Waals surface area contributed by atoms with Crippen LogP contribution in [0.1, 0.15) is 49.2 Å². The van der Waals surface area contributed by atoms with Crippen LogP contribution in [-0.2, 0) is 4.74 Å². The second-order valence-corrected chi connectivity index (χ2v) is 9.69. The number of rotatable bonds is 8. The minimum absolute atomic E-state index is 0.333. The predicted molar refractivity (Wildman–Crippen MR) is 161 cm³/mol. The van der Waals surface area contributed by atoms with Crippen molar-refractivity contribution in [2.24, 2.45) is 5.92 Å². The monoisotopic (exact) mass is 533 g/mol. The number of allylic oxidation sites excluding steroid dienone is 4. The van der Waals surface area contributed by atoms with Gasteiger partial charge in [0, 0.05) is 41.4 Å². The Kier molecular flexibility index (Phi) is 9.98. The fraction of sp³-hybridized carbons (Fsp3) is 0.273. The van der Waals surface area contributed by atoms with Gasteiger partial charge in [-0.1, -0.05) is 31.2 Å². The van der Waals surface area contributed by atoms with Gasteiger partial charge in [-0.15, -0.1) is 12.8 Å². The molecule has 1 aliphatic rings. The van der Waals surface area contributed by atoms with Crippen molar-refractivity contribution in [2.75, 3.05) is 19.7 Å². The average Bonchev–Trinajstić information content (AvgIpc) is 3.51. The van der Waals surface area contributed by atoms with E-state index in [0.717, 1.165) is 77.0 Å². The Morgan fingerprint density at radius 1 is 1.10 bits per heavy atom. The summed E-state index contributed by atoms with van der Waals surface area (Å²) < 4.78 is 5.53. The van der Waals surface area contributed by atoms with Gasteiger partial charge in [-0.3, -0.25) is 9.97 Å². The molecular weight excluding hydrogens is 498 g/mol. The molecule has 7 nitrogen and oxygen atoms in total. The lowest BCUT2D eigenvalue weighted by Gasteiger charge is -2.22. The Balaban J connectivity index is 0.00000181. The highest BCUT2D eigenvalue weighted by Gasteiger charge is 2.17. The molecule has 7 heteroatoms. The van der Waals surface area contributed by atoms with Gasteiger partial charge >= 0.3 is 5.97 Å². The van der Waals surface area contributed by atoms with Crippen molar-refractivity contribution in [2.45, 2.75) is 33.1 Å². The Morgan fingerprint density at radius 3 is 2.70 bits per heavy atom. The SMILES string of the molecule is C#C.CC/C=C\C=C(/C)c1nc[nH]c1-c1ccc2ncc(-c3ccc(C(=O)OC[C@H]4CCCNC4)cn3)cc2c1. The molecule has 1 fully saturated rings. The lowest BCUT2D eigenvalue weighted by molar-refractivity contribution is 0.0420. The third-order valence-corrected chi connectivity index (χ3v) is 6.84. The van der Waals surface area contributed by atoms with Crippen LogP contribution in [0, 0.1) is 18.8 Å². The van der Waals surface area contributed by atoms with E-state index in [1.54, 1.807) is 18.6 Å². The van der Waals surface area contributed by atoms with E-state index in [1.165, 1.54) is 0 Å². The van der Waals surface area contributed by atoms with Gasteiger partial charge in [-0.05, 0) is 68.6 Å². The summed E-state index contributed by atoms with van der Waals surface area (Å²) in [6.07, 6.45) is 22.6. The van der Waals surface area contributed by atoms with Gasteiger partial charge in [-0.2, -0.15) is 0 Å². The van der Waals surface area contributed by atoms with Crippen molar-refractivity contribution in [1.82, 2.24) is 25.3 Å². The zero-order valence-corrected chi connectivity index (χ0v) is 23.1. The standard InChI is InChI=1S/C31H33N5O2.C2H2/c1-3-4-5-7-21(2)29-30(36-20-35-29)23-9-11-27-25(14-23)15-26(18-34-27)28-12-10-24(17-33-28)31(37)38-19-22-8-6-13-32-16-22;1-2/h4-5,7,9-12,14-15,17-18,20,22,32H,3,6,8,13,16,19H2,1-2H3,(H,35,36);1-2H/b5-4-,21-7+;/t22-;/m0./s1. The minimum atomic E-state index is -0.333. The number of carbonyl (C=O) groups excluding carboxylic acids is 1. The van der Waals surface area contributed by atoms with Crippen molar-refractivity contribution >= 4 is 22.4 Å². The van der Waals surface area contributed by atoms with Crippen LogP contribution >= 0.6 is 0 Å². The molecule has 3 aromatic heterocycles. The molecule has 2 N–H and O–H groups in total. The third-order valence-electron chi connectivity index (χ3n) is 6.84. The first kappa shape index (κ1) is 28.5. The van der Waals surface area contributed by atoms with E-state index < -0.39 is 0 Å². The maximum atomic E-state index is 12.5. The van der Waals surface area contributed by atoms with Crippen LogP contribution in [0.25, 0.3) is 39.0 Å². The van der Waals surface area contributed by atoms with Crippen LogP contribution in [0.3, 0.4) is 0 Å². The quantitative estimate of drug-likeness (QED) is 0.153. The third kappa shape index (κ3) is 6.90. The molecular formula is C33H35N5O2. The molecule has 40 heavy (non-hydrogen) atoms. The second kappa shape index (κ2) is 14.0. The molecule has 0 saturated carbocycles. The molecule has 5 rings (SSSR count). The van der Waals surface area contributed by atoms with Gasteiger partial charge < -0.3 is 15.0 Å². The first-order valence-electron chi connectivity index (χ1n) is 13.6. The maximum Gasteiger partial charge on any atom is 0.339 e. The number of terminal acetylenes is 1. The maximum absolute atomic E-state index is 12.5. The van der Waals surface area contributed by atoms with E-state index in [9.17, 15) is 4.79 Å². The smallest absolute Gasteiger partial charge is 0.339 e. The fourth-order valence-corrected chi connectivity index (χ4v) is 4.70. The number of ether oxygens (including phenoxy) is 1. The summed E-state index contributed by atoms with van der Waals surface area (Å²) in [6.45, 7) is 6.56. The normalized spacial score (nSPS) is 15.5. The number of esters is 1. The zero-order chi connectivity index (χ0) is 28.3. The second-order valence-electron chi connectivity index (χ2n) is 9.69. The zero-order valence-electron chi connectivity index (χ0n) is 23.1. The molecule has 4 heterocycles. The largest absolute Gasteiger partial charge is 0.462 e. The molecule has 0 spiro atoms. The van der Waals surface area contributed by atoms with Crippen molar-refractivity contribution in [3.63, 3.8) is 0 Å². The summed E-state index contributed by atoms with van der Waals surface area (Å²) in [5.41, 5.74) is 7.02. The number of H-pyrrole nitrogens is 1. The Bertz CT molecular complexity index is 1510. The molecule has 1 aromatic carbocycles. The van der Waals surface area contributed by atoms with E-state index in [4.69, 9.17) is 4.74 Å². The molecule has 1 saturated heterocycles. The number of pyridine rings is 2. The summed E-state index contributed by atoms with van der Waals surface area (Å²) in [6, 6.07) is 11.9. The van der Waals surface area contributed by atoms with Gasteiger partial charge in [0.25, 0.3) is 0 Å². The Hall–Kier alpha value is -4.54. The number of aromatic nitrogens is 4. The lowest BCUT2D eigenvalue weighted by Crippen LogP contribution is -2.32. The molecule has 0 radical (unpaired) electrons. The first-order valence-corrected chi connectivity index (χ1v) is 13.6. The van der Waals surface area contributed by atoms with Crippen molar-refractivity contribution in [1.29, 1.82) is 0 Å².